The number of aryl methyl sites for hydroxylation is 2. The van der Waals surface area contributed by atoms with Gasteiger partial charge in [-0.05, 0) is 62.1 Å². The molecule has 28 heavy (non-hydrogen) atoms. The van der Waals surface area contributed by atoms with Crippen molar-refractivity contribution in [2.24, 2.45) is 0 Å². The Labute approximate surface area is 164 Å². The molecule has 0 aromatic heterocycles. The van der Waals surface area contributed by atoms with Gasteiger partial charge in [0.05, 0.1) is 10.5 Å². The van der Waals surface area contributed by atoms with E-state index >= 15 is 0 Å². The Morgan fingerprint density at radius 3 is 2.54 bits per heavy atom. The van der Waals surface area contributed by atoms with Crippen LogP contribution in [0.3, 0.4) is 0 Å². The van der Waals surface area contributed by atoms with Crippen LogP contribution >= 0.6 is 0 Å². The van der Waals surface area contributed by atoms with Gasteiger partial charge in [-0.3, -0.25) is 9.52 Å². The van der Waals surface area contributed by atoms with E-state index in [9.17, 15) is 18.0 Å². The predicted molar refractivity (Wildman–Crippen MR) is 105 cm³/mol. The number of anilines is 1. The summed E-state index contributed by atoms with van der Waals surface area (Å²) in [6.07, 6.45) is 1.87. The van der Waals surface area contributed by atoms with Crippen molar-refractivity contribution < 1.29 is 22.7 Å². The quantitative estimate of drug-likeness (QED) is 0.693. The van der Waals surface area contributed by atoms with Gasteiger partial charge in [-0.2, -0.15) is 0 Å². The number of hydrogen-bond acceptors (Lipinski definition) is 5. The van der Waals surface area contributed by atoms with Crippen LogP contribution in [0, 0.1) is 13.8 Å². The van der Waals surface area contributed by atoms with Crippen molar-refractivity contribution in [3.63, 3.8) is 0 Å². The molecule has 0 unspecified atom stereocenters. The molecule has 3 rings (SSSR count). The van der Waals surface area contributed by atoms with E-state index in [1.54, 1.807) is 25.1 Å². The van der Waals surface area contributed by atoms with Crippen LogP contribution in [0.15, 0.2) is 47.4 Å². The molecule has 0 radical (unpaired) electrons. The summed E-state index contributed by atoms with van der Waals surface area (Å²) in [5, 5.41) is 2.72. The first kappa shape index (κ1) is 19.9. The van der Waals surface area contributed by atoms with Crippen LogP contribution in [0.25, 0.3) is 0 Å². The molecule has 0 heterocycles. The summed E-state index contributed by atoms with van der Waals surface area (Å²) in [5.41, 5.74) is 2.01. The monoisotopic (exact) mass is 402 g/mol. The topological polar surface area (TPSA) is 102 Å². The van der Waals surface area contributed by atoms with E-state index in [1.807, 2.05) is 13.0 Å². The van der Waals surface area contributed by atoms with Crippen LogP contribution in [-0.4, -0.2) is 32.9 Å². The molecule has 7 nitrogen and oxygen atoms in total. The van der Waals surface area contributed by atoms with E-state index in [0.717, 1.165) is 18.4 Å². The number of esters is 1. The van der Waals surface area contributed by atoms with Gasteiger partial charge >= 0.3 is 5.97 Å². The van der Waals surface area contributed by atoms with Gasteiger partial charge in [0.1, 0.15) is 0 Å². The number of carbonyl (C=O) groups is 2. The van der Waals surface area contributed by atoms with Gasteiger partial charge in [0.25, 0.3) is 15.9 Å². The van der Waals surface area contributed by atoms with E-state index in [2.05, 4.69) is 10.0 Å². The number of sulfonamides is 1. The summed E-state index contributed by atoms with van der Waals surface area (Å²) in [5.74, 6) is -1.10. The molecule has 8 heteroatoms. The van der Waals surface area contributed by atoms with Gasteiger partial charge in [-0.25, -0.2) is 13.2 Å². The maximum absolute atomic E-state index is 12.7. The number of rotatable bonds is 7. The Balaban J connectivity index is 1.74. The molecule has 148 valence electrons. The lowest BCUT2D eigenvalue weighted by molar-refractivity contribution is -0.124. The molecular weight excluding hydrogens is 380 g/mol. The normalized spacial score (nSPS) is 13.6. The Morgan fingerprint density at radius 2 is 1.86 bits per heavy atom. The smallest absolute Gasteiger partial charge is 0.338 e. The highest BCUT2D eigenvalue weighted by Gasteiger charge is 2.24. The fourth-order valence-corrected chi connectivity index (χ4v) is 3.69. The molecule has 1 fully saturated rings. The number of amides is 1. The van der Waals surface area contributed by atoms with Gasteiger partial charge in [-0.15, -0.1) is 0 Å². The maximum Gasteiger partial charge on any atom is 0.338 e. The fraction of sp³-hybridized carbons (Fsp3) is 0.300. The summed E-state index contributed by atoms with van der Waals surface area (Å²) in [6, 6.07) is 11.3. The third kappa shape index (κ3) is 5.10. The maximum atomic E-state index is 12.7. The SMILES string of the molecule is Cc1cccc(NS(=O)(=O)c2ccc(C)c(C(=O)OCC(=O)NC3CC3)c2)c1. The van der Waals surface area contributed by atoms with Gasteiger partial charge in [0.2, 0.25) is 0 Å². The van der Waals surface area contributed by atoms with Crippen LogP contribution in [0.5, 0.6) is 0 Å². The van der Waals surface area contributed by atoms with E-state index in [1.165, 1.54) is 18.2 Å². The number of ether oxygens (including phenoxy) is 1. The average Bonchev–Trinajstić information content (AvgIpc) is 3.43. The molecule has 2 aromatic carbocycles. The van der Waals surface area contributed by atoms with E-state index in [4.69, 9.17) is 4.74 Å². The van der Waals surface area contributed by atoms with Crippen molar-refractivity contribution in [2.45, 2.75) is 37.6 Å². The third-order valence-electron chi connectivity index (χ3n) is 4.29. The van der Waals surface area contributed by atoms with Crippen LogP contribution in [0.2, 0.25) is 0 Å². The van der Waals surface area contributed by atoms with E-state index < -0.39 is 22.6 Å². The Kier molecular flexibility index (Phi) is 5.69. The first-order valence-electron chi connectivity index (χ1n) is 8.91. The van der Waals surface area contributed by atoms with Crippen molar-refractivity contribution in [3.05, 3.63) is 59.2 Å². The molecule has 2 N–H and O–H groups in total. The minimum absolute atomic E-state index is 0.0611. The lowest BCUT2D eigenvalue weighted by Gasteiger charge is -2.12. The Morgan fingerprint density at radius 1 is 1.11 bits per heavy atom. The van der Waals surface area contributed by atoms with Crippen molar-refractivity contribution >= 4 is 27.6 Å². The molecule has 1 aliphatic carbocycles. The zero-order chi connectivity index (χ0) is 20.3. The number of benzene rings is 2. The second-order valence-electron chi connectivity index (χ2n) is 6.87. The summed E-state index contributed by atoms with van der Waals surface area (Å²) < 4.78 is 32.9. The molecule has 0 saturated heterocycles. The van der Waals surface area contributed by atoms with Crippen molar-refractivity contribution in [1.29, 1.82) is 0 Å². The second-order valence-corrected chi connectivity index (χ2v) is 8.55. The highest BCUT2D eigenvalue weighted by molar-refractivity contribution is 7.92. The number of nitrogens with one attached hydrogen (secondary N) is 2. The molecule has 0 aliphatic heterocycles. The molecule has 1 amide bonds. The number of hydrogen-bond donors (Lipinski definition) is 2. The van der Waals surface area contributed by atoms with Crippen LogP contribution in [-0.2, 0) is 19.6 Å². The van der Waals surface area contributed by atoms with Crippen LogP contribution in [0.1, 0.15) is 34.3 Å². The third-order valence-corrected chi connectivity index (χ3v) is 5.67. The minimum atomic E-state index is -3.88. The van der Waals surface area contributed by atoms with Gasteiger partial charge in [0.15, 0.2) is 6.61 Å². The first-order valence-corrected chi connectivity index (χ1v) is 10.4. The minimum Gasteiger partial charge on any atom is -0.452 e. The molecule has 0 atom stereocenters. The van der Waals surface area contributed by atoms with E-state index in [-0.39, 0.29) is 22.4 Å². The predicted octanol–water partition coefficient (Wildman–Crippen LogP) is 2.54. The Bertz CT molecular complexity index is 1010. The molecular formula is C20H22N2O5S. The van der Waals surface area contributed by atoms with Gasteiger partial charge in [0, 0.05) is 11.7 Å². The largest absolute Gasteiger partial charge is 0.452 e. The zero-order valence-corrected chi connectivity index (χ0v) is 16.5. The summed E-state index contributed by atoms with van der Waals surface area (Å²) >= 11 is 0. The highest BCUT2D eigenvalue weighted by Crippen LogP contribution is 2.21. The van der Waals surface area contributed by atoms with Crippen LogP contribution in [0.4, 0.5) is 5.69 Å². The molecule has 1 saturated carbocycles. The second kappa shape index (κ2) is 8.02. The van der Waals surface area contributed by atoms with Crippen molar-refractivity contribution in [2.75, 3.05) is 11.3 Å². The molecule has 0 spiro atoms. The van der Waals surface area contributed by atoms with Crippen molar-refractivity contribution in [1.82, 2.24) is 5.32 Å². The highest BCUT2D eigenvalue weighted by atomic mass is 32.2. The first-order chi connectivity index (χ1) is 13.2. The summed E-state index contributed by atoms with van der Waals surface area (Å²) in [6.45, 7) is 3.13. The molecule has 1 aliphatic rings. The van der Waals surface area contributed by atoms with Crippen molar-refractivity contribution in [3.8, 4) is 0 Å². The van der Waals surface area contributed by atoms with Gasteiger partial charge < -0.3 is 10.1 Å². The molecule has 0 bridgehead atoms. The summed E-state index contributed by atoms with van der Waals surface area (Å²) in [4.78, 5) is 24.0. The lowest BCUT2D eigenvalue weighted by atomic mass is 10.1. The average molecular weight is 402 g/mol. The van der Waals surface area contributed by atoms with Crippen LogP contribution < -0.4 is 10.0 Å². The van der Waals surface area contributed by atoms with E-state index in [0.29, 0.717) is 11.3 Å². The standard InChI is InChI=1S/C20H22N2O5S/c1-13-4-3-5-16(10-13)22-28(25,26)17-9-6-14(2)18(11-17)20(24)27-12-19(23)21-15-7-8-15/h3-6,9-11,15,22H,7-8,12H2,1-2H3,(H,21,23). The zero-order valence-electron chi connectivity index (χ0n) is 15.7. The van der Waals surface area contributed by atoms with Gasteiger partial charge in [-0.1, -0.05) is 18.2 Å². The Hall–Kier alpha value is -2.87. The number of carbonyl (C=O) groups excluding carboxylic acids is 2. The fourth-order valence-electron chi connectivity index (χ4n) is 2.62. The lowest BCUT2D eigenvalue weighted by Crippen LogP contribution is -2.30. The summed E-state index contributed by atoms with van der Waals surface area (Å²) in [7, 11) is -3.88. The molecule has 2 aromatic rings.